The van der Waals surface area contributed by atoms with Crippen LogP contribution in [-0.2, 0) is 4.79 Å². The van der Waals surface area contributed by atoms with Crippen LogP contribution in [0.3, 0.4) is 0 Å². The van der Waals surface area contributed by atoms with Crippen molar-refractivity contribution in [1.82, 2.24) is 10.2 Å². The summed E-state index contributed by atoms with van der Waals surface area (Å²) < 4.78 is 10.6. The number of amides is 1. The molecule has 1 aromatic rings. The van der Waals surface area contributed by atoms with Crippen molar-refractivity contribution in [2.45, 2.75) is 31.9 Å². The van der Waals surface area contributed by atoms with Crippen LogP contribution in [0.5, 0.6) is 11.5 Å². The van der Waals surface area contributed by atoms with Crippen LogP contribution < -0.4 is 14.8 Å². The molecular weight excluding hydrogens is 296 g/mol. The quantitative estimate of drug-likeness (QED) is 0.827. The van der Waals surface area contributed by atoms with Gasteiger partial charge in [-0.1, -0.05) is 0 Å². The number of methoxy groups -OCH3 is 2. The smallest absolute Gasteiger partial charge is 0.234 e. The molecule has 1 aromatic carbocycles. The highest BCUT2D eigenvalue weighted by Crippen LogP contribution is 2.29. The van der Waals surface area contributed by atoms with Crippen molar-refractivity contribution in [3.05, 3.63) is 23.8 Å². The summed E-state index contributed by atoms with van der Waals surface area (Å²) in [6, 6.07) is 5.36. The normalized spacial score (nSPS) is 17.6. The van der Waals surface area contributed by atoms with Crippen molar-refractivity contribution in [2.75, 3.05) is 33.9 Å². The number of rotatable bonds is 6. The van der Waals surface area contributed by atoms with Crippen LogP contribution in [0.25, 0.3) is 0 Å². The highest BCUT2D eigenvalue weighted by atomic mass is 16.5. The molecule has 0 spiro atoms. The molecule has 0 radical (unpaired) electrons. The number of benzene rings is 1. The molecule has 1 atom stereocenters. The second-order valence-corrected chi connectivity index (χ2v) is 5.90. The molecule has 128 valence electrons. The summed E-state index contributed by atoms with van der Waals surface area (Å²) in [6.07, 6.45) is 1.23. The van der Waals surface area contributed by atoms with Crippen molar-refractivity contribution in [2.24, 2.45) is 0 Å². The van der Waals surface area contributed by atoms with Crippen LogP contribution in [0.2, 0.25) is 0 Å². The molecule has 1 unspecified atom stereocenters. The number of hydrogen-bond donors (Lipinski definition) is 2. The first-order valence-electron chi connectivity index (χ1n) is 7.95. The van der Waals surface area contributed by atoms with E-state index in [1.54, 1.807) is 14.2 Å². The lowest BCUT2D eigenvalue weighted by atomic mass is 10.1. The van der Waals surface area contributed by atoms with Gasteiger partial charge in [-0.25, -0.2) is 0 Å². The third-order valence-corrected chi connectivity index (χ3v) is 4.21. The van der Waals surface area contributed by atoms with E-state index in [1.807, 2.05) is 25.1 Å². The van der Waals surface area contributed by atoms with Gasteiger partial charge in [-0.05, 0) is 38.0 Å². The van der Waals surface area contributed by atoms with E-state index in [2.05, 4.69) is 10.2 Å². The Bertz CT molecular complexity index is 527. The highest BCUT2D eigenvalue weighted by molar-refractivity contribution is 5.78. The Balaban J connectivity index is 1.95. The van der Waals surface area contributed by atoms with Crippen LogP contribution in [0.15, 0.2) is 18.2 Å². The van der Waals surface area contributed by atoms with Gasteiger partial charge in [0.2, 0.25) is 5.91 Å². The van der Waals surface area contributed by atoms with Crippen LogP contribution in [0.4, 0.5) is 0 Å². The Morgan fingerprint density at radius 3 is 2.65 bits per heavy atom. The lowest BCUT2D eigenvalue weighted by Crippen LogP contribution is -2.43. The first kappa shape index (κ1) is 17.6. The number of nitrogens with zero attached hydrogens (tertiary/aromatic N) is 1. The van der Waals surface area contributed by atoms with Crippen LogP contribution in [-0.4, -0.2) is 55.9 Å². The van der Waals surface area contributed by atoms with Gasteiger partial charge < -0.3 is 19.9 Å². The second kappa shape index (κ2) is 8.17. The Morgan fingerprint density at radius 1 is 1.35 bits per heavy atom. The standard InChI is InChI=1S/C17H26N2O4/c1-12(15-10-14(22-2)4-5-16(15)23-3)18-17(21)11-19-8-6-13(20)7-9-19/h4-5,10,12-13,20H,6-9,11H2,1-3H3,(H,18,21). The minimum atomic E-state index is -0.228. The summed E-state index contributed by atoms with van der Waals surface area (Å²) in [5.74, 6) is 1.42. The largest absolute Gasteiger partial charge is 0.497 e. The van der Waals surface area contributed by atoms with Crippen LogP contribution in [0, 0.1) is 0 Å². The lowest BCUT2D eigenvalue weighted by molar-refractivity contribution is -0.123. The number of nitrogens with one attached hydrogen (secondary N) is 1. The predicted octanol–water partition coefficient (Wildman–Crippen LogP) is 1.34. The fraction of sp³-hybridized carbons (Fsp3) is 0.588. The first-order chi connectivity index (χ1) is 11.0. The zero-order valence-electron chi connectivity index (χ0n) is 14.0. The number of hydrogen-bond acceptors (Lipinski definition) is 5. The first-order valence-corrected chi connectivity index (χ1v) is 7.95. The van der Waals surface area contributed by atoms with Gasteiger partial charge in [0.05, 0.1) is 32.9 Å². The summed E-state index contributed by atoms with van der Waals surface area (Å²) in [6.45, 7) is 3.79. The molecule has 6 heteroatoms. The monoisotopic (exact) mass is 322 g/mol. The van der Waals surface area contributed by atoms with Crippen molar-refractivity contribution in [3.8, 4) is 11.5 Å². The number of likely N-dealkylation sites (tertiary alicyclic amines) is 1. The van der Waals surface area contributed by atoms with Crippen LogP contribution in [0.1, 0.15) is 31.4 Å². The minimum Gasteiger partial charge on any atom is -0.497 e. The summed E-state index contributed by atoms with van der Waals surface area (Å²) in [5.41, 5.74) is 0.884. The number of aliphatic hydroxyl groups excluding tert-OH is 1. The molecule has 0 saturated carbocycles. The van der Waals surface area contributed by atoms with Gasteiger partial charge in [-0.2, -0.15) is 0 Å². The van der Waals surface area contributed by atoms with Gasteiger partial charge in [-0.15, -0.1) is 0 Å². The fourth-order valence-corrected chi connectivity index (χ4v) is 2.82. The van der Waals surface area contributed by atoms with Gasteiger partial charge in [0.15, 0.2) is 0 Å². The number of carbonyl (C=O) groups is 1. The van der Waals surface area contributed by atoms with Gasteiger partial charge in [-0.3, -0.25) is 9.69 Å². The van der Waals surface area contributed by atoms with E-state index < -0.39 is 0 Å². The van der Waals surface area contributed by atoms with Crippen molar-refractivity contribution in [1.29, 1.82) is 0 Å². The molecule has 1 aliphatic heterocycles. The second-order valence-electron chi connectivity index (χ2n) is 5.90. The average Bonchev–Trinajstić information content (AvgIpc) is 2.56. The summed E-state index contributed by atoms with van der Waals surface area (Å²) >= 11 is 0. The predicted molar refractivity (Wildman–Crippen MR) is 87.8 cm³/mol. The summed E-state index contributed by atoms with van der Waals surface area (Å²) in [7, 11) is 3.22. The average molecular weight is 322 g/mol. The van der Waals surface area contributed by atoms with Crippen molar-refractivity contribution in [3.63, 3.8) is 0 Å². The fourth-order valence-electron chi connectivity index (χ4n) is 2.82. The van der Waals surface area contributed by atoms with Gasteiger partial charge >= 0.3 is 0 Å². The zero-order chi connectivity index (χ0) is 16.8. The molecule has 1 fully saturated rings. The lowest BCUT2D eigenvalue weighted by Gasteiger charge is -2.29. The topological polar surface area (TPSA) is 71.0 Å². The maximum atomic E-state index is 12.2. The number of ether oxygens (including phenoxy) is 2. The maximum absolute atomic E-state index is 12.2. The molecule has 23 heavy (non-hydrogen) atoms. The van der Waals surface area contributed by atoms with Gasteiger partial charge in [0.1, 0.15) is 11.5 Å². The molecule has 0 aromatic heterocycles. The molecule has 1 saturated heterocycles. The molecule has 2 N–H and O–H groups in total. The number of aliphatic hydroxyl groups is 1. The molecule has 1 amide bonds. The van der Waals surface area contributed by atoms with Gasteiger partial charge in [0.25, 0.3) is 0 Å². The summed E-state index contributed by atoms with van der Waals surface area (Å²) in [4.78, 5) is 14.3. The third-order valence-electron chi connectivity index (χ3n) is 4.21. The van der Waals surface area contributed by atoms with E-state index in [4.69, 9.17) is 9.47 Å². The molecule has 0 bridgehead atoms. The van der Waals surface area contributed by atoms with Gasteiger partial charge in [0, 0.05) is 18.7 Å². The molecule has 0 aliphatic carbocycles. The third kappa shape index (κ3) is 4.84. The van der Waals surface area contributed by atoms with E-state index in [0.29, 0.717) is 6.54 Å². The van der Waals surface area contributed by atoms with E-state index >= 15 is 0 Å². The SMILES string of the molecule is COc1ccc(OC)c(C(C)NC(=O)CN2CCC(O)CC2)c1. The Morgan fingerprint density at radius 2 is 2.04 bits per heavy atom. The number of carbonyl (C=O) groups excluding carboxylic acids is 1. The van der Waals surface area contributed by atoms with Crippen molar-refractivity contribution < 1.29 is 19.4 Å². The highest BCUT2D eigenvalue weighted by Gasteiger charge is 2.21. The Labute approximate surface area is 137 Å². The minimum absolute atomic E-state index is 0.0289. The Hall–Kier alpha value is -1.79. The summed E-state index contributed by atoms with van der Waals surface area (Å²) in [5, 5.41) is 12.5. The van der Waals surface area contributed by atoms with E-state index in [9.17, 15) is 9.90 Å². The molecular formula is C17H26N2O4. The molecule has 6 nitrogen and oxygen atoms in total. The molecule has 1 heterocycles. The van der Waals surface area contributed by atoms with E-state index in [1.165, 1.54) is 0 Å². The molecule has 2 rings (SSSR count). The molecule has 1 aliphatic rings. The zero-order valence-corrected chi connectivity index (χ0v) is 14.0. The number of piperidine rings is 1. The van der Waals surface area contributed by atoms with E-state index in [0.717, 1.165) is 43.0 Å². The maximum Gasteiger partial charge on any atom is 0.234 e. The van der Waals surface area contributed by atoms with E-state index in [-0.39, 0.29) is 18.1 Å². The van der Waals surface area contributed by atoms with Crippen LogP contribution >= 0.6 is 0 Å². The van der Waals surface area contributed by atoms with Crippen molar-refractivity contribution >= 4 is 5.91 Å². The Kier molecular flexibility index (Phi) is 6.24.